The fourth-order valence-corrected chi connectivity index (χ4v) is 4.00. The summed E-state index contributed by atoms with van der Waals surface area (Å²) in [7, 11) is 0. The second kappa shape index (κ2) is 10.2. The van der Waals surface area contributed by atoms with Crippen LogP contribution < -0.4 is 4.74 Å². The molecule has 0 bridgehead atoms. The molecular formula is C24H25Cl2NO4. The van der Waals surface area contributed by atoms with Crippen molar-refractivity contribution in [1.82, 2.24) is 4.90 Å². The van der Waals surface area contributed by atoms with Crippen molar-refractivity contribution in [2.75, 3.05) is 13.2 Å². The number of unbranched alkanes of at least 4 members (excludes halogenated alkanes) is 2. The van der Waals surface area contributed by atoms with E-state index in [1.54, 1.807) is 42.5 Å². The molecule has 1 N–H and O–H groups in total. The number of carbonyl (C=O) groups is 2. The van der Waals surface area contributed by atoms with Crippen molar-refractivity contribution in [3.63, 3.8) is 0 Å². The highest BCUT2D eigenvalue weighted by atomic mass is 35.5. The van der Waals surface area contributed by atoms with Gasteiger partial charge in [0.1, 0.15) is 11.5 Å². The molecule has 1 fully saturated rings. The number of benzene rings is 2. The van der Waals surface area contributed by atoms with E-state index < -0.39 is 17.7 Å². The predicted molar refractivity (Wildman–Crippen MR) is 123 cm³/mol. The van der Waals surface area contributed by atoms with Crippen LogP contribution >= 0.6 is 23.2 Å². The Morgan fingerprint density at radius 2 is 1.77 bits per heavy atom. The molecule has 5 nitrogen and oxygen atoms in total. The number of ether oxygens (including phenoxy) is 1. The number of hydrogen-bond acceptors (Lipinski definition) is 4. The van der Waals surface area contributed by atoms with Crippen LogP contribution in [0.5, 0.6) is 5.75 Å². The van der Waals surface area contributed by atoms with Crippen LogP contribution in [0.25, 0.3) is 5.76 Å². The first-order valence-electron chi connectivity index (χ1n) is 10.4. The Morgan fingerprint density at radius 3 is 2.42 bits per heavy atom. The van der Waals surface area contributed by atoms with Gasteiger partial charge in [-0.05, 0) is 49.2 Å². The van der Waals surface area contributed by atoms with E-state index >= 15 is 0 Å². The van der Waals surface area contributed by atoms with Crippen LogP contribution in [0.1, 0.15) is 50.3 Å². The van der Waals surface area contributed by atoms with E-state index in [9.17, 15) is 14.7 Å². The molecule has 0 aliphatic carbocycles. The number of aliphatic hydroxyl groups excluding tert-OH is 1. The molecule has 7 heteroatoms. The number of hydrogen-bond donors (Lipinski definition) is 1. The lowest BCUT2D eigenvalue weighted by Crippen LogP contribution is -2.30. The normalized spacial score (nSPS) is 17.9. The topological polar surface area (TPSA) is 66.8 Å². The summed E-state index contributed by atoms with van der Waals surface area (Å²) in [6.45, 7) is 4.72. The average Bonchev–Trinajstić information content (AvgIpc) is 3.00. The van der Waals surface area contributed by atoms with Crippen molar-refractivity contribution in [3.8, 4) is 5.75 Å². The quantitative estimate of drug-likeness (QED) is 0.226. The molecule has 2 aromatic rings. The number of rotatable bonds is 8. The van der Waals surface area contributed by atoms with Crippen molar-refractivity contribution in [2.24, 2.45) is 0 Å². The van der Waals surface area contributed by atoms with Crippen molar-refractivity contribution >= 4 is 40.7 Å². The summed E-state index contributed by atoms with van der Waals surface area (Å²) >= 11 is 12.2. The first kappa shape index (κ1) is 23.2. The highest BCUT2D eigenvalue weighted by Crippen LogP contribution is 2.40. The minimum atomic E-state index is -0.707. The van der Waals surface area contributed by atoms with Gasteiger partial charge in [-0.2, -0.15) is 0 Å². The van der Waals surface area contributed by atoms with Gasteiger partial charge in [-0.15, -0.1) is 0 Å². The van der Waals surface area contributed by atoms with E-state index in [1.807, 2.05) is 6.92 Å². The van der Waals surface area contributed by atoms with Gasteiger partial charge < -0.3 is 14.7 Å². The minimum Gasteiger partial charge on any atom is -0.507 e. The van der Waals surface area contributed by atoms with Crippen LogP contribution in [0, 0.1) is 0 Å². The van der Waals surface area contributed by atoms with Crippen LogP contribution in [0.15, 0.2) is 48.0 Å². The molecule has 1 unspecified atom stereocenters. The molecule has 1 heterocycles. The SMILES string of the molecule is CCCCCN1C(=O)C(=O)/C(=C(\O)c2ccc(Cl)c(OCC)c2)C1c1ccc(Cl)cc1. The van der Waals surface area contributed by atoms with Crippen molar-refractivity contribution in [1.29, 1.82) is 0 Å². The highest BCUT2D eigenvalue weighted by Gasteiger charge is 2.45. The molecular weight excluding hydrogens is 437 g/mol. The van der Waals surface area contributed by atoms with Gasteiger partial charge in [0.25, 0.3) is 11.7 Å². The zero-order chi connectivity index (χ0) is 22.5. The minimum absolute atomic E-state index is 0.0496. The third kappa shape index (κ3) is 4.89. The van der Waals surface area contributed by atoms with Gasteiger partial charge in [0.05, 0.1) is 23.2 Å². The number of Topliss-reactive ketones (excluding diaryl/α,β-unsaturated/α-hetero) is 1. The third-order valence-corrected chi connectivity index (χ3v) is 5.80. The van der Waals surface area contributed by atoms with Crippen LogP contribution in [0.4, 0.5) is 0 Å². The van der Waals surface area contributed by atoms with Crippen LogP contribution in [-0.4, -0.2) is 34.8 Å². The molecule has 1 amide bonds. The molecule has 0 radical (unpaired) electrons. The van der Waals surface area contributed by atoms with E-state index in [0.29, 0.717) is 40.1 Å². The molecule has 2 aromatic carbocycles. The van der Waals surface area contributed by atoms with E-state index in [1.165, 1.54) is 4.90 Å². The maximum atomic E-state index is 13.0. The molecule has 0 spiro atoms. The second-order valence-electron chi connectivity index (χ2n) is 7.33. The largest absolute Gasteiger partial charge is 0.507 e. The first-order valence-corrected chi connectivity index (χ1v) is 11.1. The molecule has 164 valence electrons. The fraction of sp³-hybridized carbons (Fsp3) is 0.333. The Morgan fingerprint density at radius 1 is 1.06 bits per heavy atom. The maximum Gasteiger partial charge on any atom is 0.295 e. The number of carbonyl (C=O) groups excluding carboxylic acids is 2. The summed E-state index contributed by atoms with van der Waals surface area (Å²) in [6, 6.07) is 11.0. The van der Waals surface area contributed by atoms with E-state index in [2.05, 4.69) is 6.92 Å². The Labute approximate surface area is 192 Å². The van der Waals surface area contributed by atoms with Gasteiger partial charge in [-0.1, -0.05) is 55.1 Å². The molecule has 1 saturated heterocycles. The number of amides is 1. The number of nitrogens with zero attached hydrogens (tertiary/aromatic N) is 1. The smallest absolute Gasteiger partial charge is 0.295 e. The monoisotopic (exact) mass is 461 g/mol. The zero-order valence-corrected chi connectivity index (χ0v) is 19.0. The van der Waals surface area contributed by atoms with Crippen LogP contribution in [0.2, 0.25) is 10.0 Å². The fourth-order valence-electron chi connectivity index (χ4n) is 3.71. The third-order valence-electron chi connectivity index (χ3n) is 5.23. The van der Waals surface area contributed by atoms with Crippen LogP contribution in [-0.2, 0) is 9.59 Å². The molecule has 3 rings (SSSR count). The molecule has 1 atom stereocenters. The Hall–Kier alpha value is -2.50. The lowest BCUT2D eigenvalue weighted by atomic mass is 9.95. The molecule has 0 aromatic heterocycles. The van der Waals surface area contributed by atoms with Gasteiger partial charge in [-0.3, -0.25) is 9.59 Å². The van der Waals surface area contributed by atoms with E-state index in [-0.39, 0.29) is 11.3 Å². The summed E-state index contributed by atoms with van der Waals surface area (Å²) in [6.07, 6.45) is 2.69. The Kier molecular flexibility index (Phi) is 7.63. The van der Waals surface area contributed by atoms with Crippen LogP contribution in [0.3, 0.4) is 0 Å². The molecule has 1 aliphatic rings. The Bertz CT molecular complexity index is 1000. The highest BCUT2D eigenvalue weighted by molar-refractivity contribution is 6.46. The maximum absolute atomic E-state index is 13.0. The number of aliphatic hydroxyl groups is 1. The number of ketones is 1. The van der Waals surface area contributed by atoms with Gasteiger partial charge in [0.2, 0.25) is 0 Å². The Balaban J connectivity index is 2.12. The van der Waals surface area contributed by atoms with Gasteiger partial charge in [0, 0.05) is 17.1 Å². The zero-order valence-electron chi connectivity index (χ0n) is 17.5. The van der Waals surface area contributed by atoms with Crippen molar-refractivity contribution in [3.05, 3.63) is 69.2 Å². The summed E-state index contributed by atoms with van der Waals surface area (Å²) in [5, 5.41) is 12.1. The summed E-state index contributed by atoms with van der Waals surface area (Å²) < 4.78 is 5.51. The molecule has 1 aliphatic heterocycles. The summed E-state index contributed by atoms with van der Waals surface area (Å²) in [5.74, 6) is -1.18. The predicted octanol–water partition coefficient (Wildman–Crippen LogP) is 6.00. The standard InChI is InChI=1S/C24H25Cl2NO4/c1-3-5-6-13-27-21(15-7-10-17(25)11-8-15)20(23(29)24(27)30)22(28)16-9-12-18(26)19(14-16)31-4-2/h7-12,14,21,28H,3-6,13H2,1-2H3/b22-20-. The van der Waals surface area contributed by atoms with Gasteiger partial charge in [-0.25, -0.2) is 0 Å². The summed E-state index contributed by atoms with van der Waals surface area (Å²) in [4.78, 5) is 27.4. The first-order chi connectivity index (χ1) is 14.9. The summed E-state index contributed by atoms with van der Waals surface area (Å²) in [5.41, 5.74) is 1.12. The van der Waals surface area contributed by atoms with E-state index in [4.69, 9.17) is 27.9 Å². The number of likely N-dealkylation sites (tertiary alicyclic amines) is 1. The molecule has 0 saturated carbocycles. The van der Waals surface area contributed by atoms with Crippen molar-refractivity contribution < 1.29 is 19.4 Å². The molecule has 31 heavy (non-hydrogen) atoms. The van der Waals surface area contributed by atoms with Gasteiger partial charge in [0.15, 0.2) is 0 Å². The van der Waals surface area contributed by atoms with Gasteiger partial charge >= 0.3 is 0 Å². The van der Waals surface area contributed by atoms with Crippen molar-refractivity contribution in [2.45, 2.75) is 39.2 Å². The second-order valence-corrected chi connectivity index (χ2v) is 8.17. The lowest BCUT2D eigenvalue weighted by molar-refractivity contribution is -0.139. The lowest BCUT2D eigenvalue weighted by Gasteiger charge is -2.25. The number of halogens is 2. The average molecular weight is 462 g/mol. The van der Waals surface area contributed by atoms with E-state index in [0.717, 1.165) is 19.3 Å².